The van der Waals surface area contributed by atoms with Gasteiger partial charge in [0, 0.05) is 23.1 Å². The largest absolute Gasteiger partial charge is 0.492 e. The zero-order chi connectivity index (χ0) is 20.9. The SMILES string of the molecule is CC(C)(O[C@@H]1O[C@H](CO)[C@@H](O)[C@H](O)[C@H]1O)C1COc2cc3oc(=O)ccc3cc21. The molecule has 9 heteroatoms. The topological polar surface area (TPSA) is 139 Å². The van der Waals surface area contributed by atoms with Crippen molar-refractivity contribution in [2.24, 2.45) is 0 Å². The highest BCUT2D eigenvalue weighted by Crippen LogP contribution is 2.44. The molecule has 1 aromatic carbocycles. The summed E-state index contributed by atoms with van der Waals surface area (Å²) in [5.74, 6) is 0.323. The van der Waals surface area contributed by atoms with E-state index in [0.717, 1.165) is 10.9 Å². The van der Waals surface area contributed by atoms with E-state index in [1.807, 2.05) is 6.07 Å². The highest BCUT2D eigenvalue weighted by atomic mass is 16.7. The van der Waals surface area contributed by atoms with E-state index < -0.39 is 48.5 Å². The standard InChI is InChI=1S/C20H24O9/c1-20(2,29-19-18(25)17(24)16(23)14(7-21)28-19)11-8-26-13-6-12-9(5-10(11)13)3-4-15(22)27-12/h3-6,11,14,16-19,21,23-25H,7-8H2,1-2H3/t11?,14-,16-,17+,18-,19+/m1/s1. The third-order valence-electron chi connectivity index (χ3n) is 5.64. The third kappa shape index (κ3) is 3.54. The van der Waals surface area contributed by atoms with Crippen LogP contribution in [0.25, 0.3) is 11.0 Å². The first-order valence-corrected chi connectivity index (χ1v) is 9.40. The molecule has 0 saturated carbocycles. The Morgan fingerprint density at radius 1 is 1.14 bits per heavy atom. The Balaban J connectivity index is 1.60. The van der Waals surface area contributed by atoms with Crippen LogP contribution in [-0.4, -0.2) is 69.9 Å². The highest BCUT2D eigenvalue weighted by Gasteiger charge is 2.48. The quantitative estimate of drug-likeness (QED) is 0.509. The molecule has 1 fully saturated rings. The minimum absolute atomic E-state index is 0.249. The van der Waals surface area contributed by atoms with E-state index in [4.69, 9.17) is 18.6 Å². The number of fused-ring (bicyclic) bond motifs is 2. The molecule has 0 amide bonds. The predicted octanol–water partition coefficient (Wildman–Crippen LogP) is -0.136. The van der Waals surface area contributed by atoms with Crippen molar-refractivity contribution in [3.05, 3.63) is 40.2 Å². The van der Waals surface area contributed by atoms with E-state index in [9.17, 15) is 25.2 Å². The summed E-state index contributed by atoms with van der Waals surface area (Å²) in [6.45, 7) is 3.36. The van der Waals surface area contributed by atoms with Crippen LogP contribution in [0, 0.1) is 0 Å². The van der Waals surface area contributed by atoms with Crippen LogP contribution >= 0.6 is 0 Å². The molecule has 2 aliphatic rings. The maximum Gasteiger partial charge on any atom is 0.336 e. The molecule has 2 aromatic rings. The maximum atomic E-state index is 11.4. The summed E-state index contributed by atoms with van der Waals surface area (Å²) in [7, 11) is 0. The Bertz CT molecular complexity index is 951. The maximum absolute atomic E-state index is 11.4. The first kappa shape index (κ1) is 20.3. The van der Waals surface area contributed by atoms with Crippen LogP contribution < -0.4 is 10.4 Å². The molecule has 1 aromatic heterocycles. The lowest BCUT2D eigenvalue weighted by molar-refractivity contribution is -0.325. The molecule has 1 saturated heterocycles. The fourth-order valence-electron chi connectivity index (χ4n) is 3.90. The van der Waals surface area contributed by atoms with Gasteiger partial charge in [-0.3, -0.25) is 0 Å². The Morgan fingerprint density at radius 2 is 1.90 bits per heavy atom. The van der Waals surface area contributed by atoms with Crippen molar-refractivity contribution in [3.8, 4) is 5.75 Å². The number of hydrogen-bond donors (Lipinski definition) is 4. The smallest absolute Gasteiger partial charge is 0.336 e. The van der Waals surface area contributed by atoms with Gasteiger partial charge >= 0.3 is 5.63 Å². The lowest BCUT2D eigenvalue weighted by Crippen LogP contribution is -2.60. The molecule has 4 N–H and O–H groups in total. The molecule has 0 bridgehead atoms. The lowest BCUT2D eigenvalue weighted by atomic mass is 9.85. The zero-order valence-electron chi connectivity index (χ0n) is 16.0. The van der Waals surface area contributed by atoms with E-state index >= 15 is 0 Å². The minimum Gasteiger partial charge on any atom is -0.492 e. The van der Waals surface area contributed by atoms with E-state index in [-0.39, 0.29) is 5.92 Å². The summed E-state index contributed by atoms with van der Waals surface area (Å²) >= 11 is 0. The average Bonchev–Trinajstić information content (AvgIpc) is 3.10. The molecule has 0 radical (unpaired) electrons. The van der Waals surface area contributed by atoms with Crippen LogP contribution in [0.2, 0.25) is 0 Å². The van der Waals surface area contributed by atoms with Crippen LogP contribution in [0.15, 0.2) is 33.5 Å². The molecular weight excluding hydrogens is 384 g/mol. The molecule has 0 spiro atoms. The van der Waals surface area contributed by atoms with Crippen LogP contribution in [0.3, 0.4) is 0 Å². The van der Waals surface area contributed by atoms with E-state index in [1.165, 1.54) is 6.07 Å². The normalized spacial score (nSPS) is 32.2. The zero-order valence-corrected chi connectivity index (χ0v) is 16.0. The fourth-order valence-corrected chi connectivity index (χ4v) is 3.90. The summed E-state index contributed by atoms with van der Waals surface area (Å²) in [5.41, 5.74) is -0.0776. The number of aliphatic hydroxyl groups is 4. The van der Waals surface area contributed by atoms with Crippen LogP contribution in [0.1, 0.15) is 25.3 Å². The second kappa shape index (κ2) is 7.35. The monoisotopic (exact) mass is 408 g/mol. The molecule has 0 aliphatic carbocycles. The van der Waals surface area contributed by atoms with Gasteiger partial charge in [0.25, 0.3) is 0 Å². The van der Waals surface area contributed by atoms with Gasteiger partial charge in [-0.2, -0.15) is 0 Å². The molecule has 158 valence electrons. The number of rotatable bonds is 4. The fraction of sp³-hybridized carbons (Fsp3) is 0.550. The van der Waals surface area contributed by atoms with Crippen LogP contribution in [-0.2, 0) is 9.47 Å². The van der Waals surface area contributed by atoms with E-state index in [1.54, 1.807) is 26.0 Å². The Morgan fingerprint density at radius 3 is 2.62 bits per heavy atom. The van der Waals surface area contributed by atoms with E-state index in [0.29, 0.717) is 17.9 Å². The Hall–Kier alpha value is -2.01. The van der Waals surface area contributed by atoms with Gasteiger partial charge in [0.2, 0.25) is 0 Å². The van der Waals surface area contributed by atoms with Crippen molar-refractivity contribution in [2.45, 2.75) is 56.1 Å². The first-order chi connectivity index (χ1) is 13.7. The summed E-state index contributed by atoms with van der Waals surface area (Å²) in [5, 5.41) is 40.3. The summed E-state index contributed by atoms with van der Waals surface area (Å²) in [6, 6.07) is 6.54. The molecule has 9 nitrogen and oxygen atoms in total. The second-order valence-corrected chi connectivity index (χ2v) is 7.96. The van der Waals surface area contributed by atoms with Crippen molar-refractivity contribution >= 4 is 11.0 Å². The van der Waals surface area contributed by atoms with Crippen molar-refractivity contribution in [2.75, 3.05) is 13.2 Å². The van der Waals surface area contributed by atoms with Crippen LogP contribution in [0.5, 0.6) is 5.75 Å². The number of ether oxygens (including phenoxy) is 3. The molecule has 2 aliphatic heterocycles. The Labute approximate surface area is 166 Å². The molecule has 1 unspecified atom stereocenters. The van der Waals surface area contributed by atoms with Gasteiger partial charge in [-0.05, 0) is 26.0 Å². The van der Waals surface area contributed by atoms with Crippen molar-refractivity contribution < 1.29 is 39.1 Å². The lowest BCUT2D eigenvalue weighted by Gasteiger charge is -2.43. The first-order valence-electron chi connectivity index (χ1n) is 9.40. The summed E-state index contributed by atoms with van der Waals surface area (Å²) in [6.07, 6.45) is -6.74. The molecule has 29 heavy (non-hydrogen) atoms. The van der Waals surface area contributed by atoms with Gasteiger partial charge in [0.1, 0.15) is 35.7 Å². The van der Waals surface area contributed by atoms with Crippen molar-refractivity contribution in [1.82, 2.24) is 0 Å². The number of hydrogen-bond acceptors (Lipinski definition) is 9. The highest BCUT2D eigenvalue weighted by molar-refractivity contribution is 5.80. The van der Waals surface area contributed by atoms with Crippen LogP contribution in [0.4, 0.5) is 0 Å². The van der Waals surface area contributed by atoms with Crippen molar-refractivity contribution in [1.29, 1.82) is 0 Å². The number of benzene rings is 1. The minimum atomic E-state index is -1.51. The van der Waals surface area contributed by atoms with Gasteiger partial charge in [-0.1, -0.05) is 0 Å². The molecule has 3 heterocycles. The number of aliphatic hydroxyl groups excluding tert-OH is 4. The van der Waals surface area contributed by atoms with Crippen molar-refractivity contribution in [3.63, 3.8) is 0 Å². The predicted molar refractivity (Wildman–Crippen MR) is 99.7 cm³/mol. The average molecular weight is 408 g/mol. The molecular formula is C20H24O9. The van der Waals surface area contributed by atoms with E-state index in [2.05, 4.69) is 0 Å². The summed E-state index contributed by atoms with van der Waals surface area (Å²) < 4.78 is 22.4. The molecule has 4 rings (SSSR count). The van der Waals surface area contributed by atoms with Gasteiger partial charge in [0.15, 0.2) is 6.29 Å². The third-order valence-corrected chi connectivity index (χ3v) is 5.64. The van der Waals surface area contributed by atoms with Gasteiger partial charge in [0.05, 0.1) is 24.7 Å². The molecule has 6 atom stereocenters. The second-order valence-electron chi connectivity index (χ2n) is 7.96. The Kier molecular flexibility index (Phi) is 5.14. The summed E-state index contributed by atoms with van der Waals surface area (Å²) in [4.78, 5) is 11.4. The van der Waals surface area contributed by atoms with Gasteiger partial charge < -0.3 is 39.1 Å². The van der Waals surface area contributed by atoms with Gasteiger partial charge in [-0.25, -0.2) is 4.79 Å². The van der Waals surface area contributed by atoms with Gasteiger partial charge in [-0.15, -0.1) is 0 Å².